The average molecular weight is 245 g/mol. The summed E-state index contributed by atoms with van der Waals surface area (Å²) in [6.45, 7) is 0. The highest BCUT2D eigenvalue weighted by Crippen LogP contribution is 2.36. The monoisotopic (exact) mass is 245 g/mol. The first kappa shape index (κ1) is 12.2. The van der Waals surface area contributed by atoms with Crippen LogP contribution >= 0.6 is 0 Å². The Kier molecular flexibility index (Phi) is 3.40. The van der Waals surface area contributed by atoms with Gasteiger partial charge in [-0.15, -0.1) is 0 Å². The Morgan fingerprint density at radius 3 is 2.44 bits per heavy atom. The highest BCUT2D eigenvalue weighted by Gasteiger charge is 2.41. The number of piperidine rings is 1. The SMILES string of the molecule is OC1(CCCc2ccccc2)CC2CCC(C1)N2. The van der Waals surface area contributed by atoms with Gasteiger partial charge in [-0.2, -0.15) is 0 Å². The van der Waals surface area contributed by atoms with Gasteiger partial charge in [0.05, 0.1) is 5.60 Å². The third kappa shape index (κ3) is 2.76. The molecule has 2 bridgehead atoms. The molecule has 2 saturated heterocycles. The summed E-state index contributed by atoms with van der Waals surface area (Å²) in [5.74, 6) is 0. The fourth-order valence-electron chi connectivity index (χ4n) is 3.70. The molecule has 0 aromatic heterocycles. The van der Waals surface area contributed by atoms with Crippen molar-refractivity contribution in [2.75, 3.05) is 0 Å². The Morgan fingerprint density at radius 1 is 1.11 bits per heavy atom. The first-order valence-electron chi connectivity index (χ1n) is 7.26. The lowest BCUT2D eigenvalue weighted by atomic mass is 9.83. The lowest BCUT2D eigenvalue weighted by Crippen LogP contribution is -2.48. The van der Waals surface area contributed by atoms with Gasteiger partial charge in [-0.05, 0) is 50.5 Å². The summed E-state index contributed by atoms with van der Waals surface area (Å²) < 4.78 is 0. The lowest BCUT2D eigenvalue weighted by Gasteiger charge is -2.37. The summed E-state index contributed by atoms with van der Waals surface area (Å²) in [5, 5.41) is 14.3. The Hall–Kier alpha value is -0.860. The second-order valence-corrected chi connectivity index (χ2v) is 6.11. The van der Waals surface area contributed by atoms with Crippen molar-refractivity contribution in [2.45, 2.75) is 62.6 Å². The highest BCUT2D eigenvalue weighted by atomic mass is 16.3. The summed E-state index contributed by atoms with van der Waals surface area (Å²) in [6.07, 6.45) is 7.57. The second-order valence-electron chi connectivity index (χ2n) is 6.11. The van der Waals surface area contributed by atoms with Gasteiger partial charge >= 0.3 is 0 Å². The van der Waals surface area contributed by atoms with E-state index in [1.54, 1.807) is 0 Å². The minimum absolute atomic E-state index is 0.397. The molecule has 2 aliphatic rings. The Labute approximate surface area is 109 Å². The number of rotatable bonds is 4. The molecule has 98 valence electrons. The molecule has 2 unspecified atom stereocenters. The zero-order valence-corrected chi connectivity index (χ0v) is 10.9. The molecule has 2 heteroatoms. The standard InChI is InChI=1S/C16H23NO/c18-16(11-14-8-9-15(12-16)17-14)10-4-7-13-5-2-1-3-6-13/h1-3,5-6,14-15,17-18H,4,7-12H2. The number of aryl methyl sites for hydroxylation is 1. The largest absolute Gasteiger partial charge is 0.390 e. The van der Waals surface area contributed by atoms with Crippen LogP contribution in [0.15, 0.2) is 30.3 Å². The predicted molar refractivity (Wildman–Crippen MR) is 73.5 cm³/mol. The van der Waals surface area contributed by atoms with Crippen LogP contribution in [0.25, 0.3) is 0 Å². The number of nitrogens with one attached hydrogen (secondary N) is 1. The van der Waals surface area contributed by atoms with Crippen molar-refractivity contribution in [1.82, 2.24) is 5.32 Å². The van der Waals surface area contributed by atoms with Crippen LogP contribution in [0.1, 0.15) is 44.1 Å². The van der Waals surface area contributed by atoms with Gasteiger partial charge in [0.15, 0.2) is 0 Å². The Balaban J connectivity index is 1.51. The van der Waals surface area contributed by atoms with Gasteiger partial charge in [0.1, 0.15) is 0 Å². The molecular formula is C16H23NO. The van der Waals surface area contributed by atoms with E-state index < -0.39 is 5.60 Å². The first-order chi connectivity index (χ1) is 8.73. The van der Waals surface area contributed by atoms with Crippen molar-refractivity contribution >= 4 is 0 Å². The maximum atomic E-state index is 10.7. The van der Waals surface area contributed by atoms with Crippen molar-refractivity contribution in [3.8, 4) is 0 Å². The van der Waals surface area contributed by atoms with Crippen LogP contribution in [0.3, 0.4) is 0 Å². The maximum absolute atomic E-state index is 10.7. The van der Waals surface area contributed by atoms with Crippen LogP contribution < -0.4 is 5.32 Å². The number of benzene rings is 1. The molecule has 2 nitrogen and oxygen atoms in total. The van der Waals surface area contributed by atoms with Crippen molar-refractivity contribution < 1.29 is 5.11 Å². The molecule has 2 aliphatic heterocycles. The summed E-state index contributed by atoms with van der Waals surface area (Å²) in [5.41, 5.74) is 0.990. The lowest BCUT2D eigenvalue weighted by molar-refractivity contribution is -0.0153. The van der Waals surface area contributed by atoms with E-state index in [4.69, 9.17) is 0 Å². The zero-order valence-electron chi connectivity index (χ0n) is 10.9. The quantitative estimate of drug-likeness (QED) is 0.854. The van der Waals surface area contributed by atoms with Crippen LogP contribution in [0.5, 0.6) is 0 Å². The van der Waals surface area contributed by atoms with Crippen LogP contribution in [0.2, 0.25) is 0 Å². The van der Waals surface area contributed by atoms with Crippen molar-refractivity contribution in [1.29, 1.82) is 0 Å². The number of hydrogen-bond donors (Lipinski definition) is 2. The summed E-state index contributed by atoms with van der Waals surface area (Å²) in [6, 6.07) is 11.7. The smallest absolute Gasteiger partial charge is 0.0677 e. The molecule has 0 radical (unpaired) electrons. The summed E-state index contributed by atoms with van der Waals surface area (Å²) >= 11 is 0. The number of aliphatic hydroxyl groups is 1. The molecule has 0 saturated carbocycles. The normalized spacial score (nSPS) is 34.7. The van der Waals surface area contributed by atoms with E-state index in [9.17, 15) is 5.11 Å². The van der Waals surface area contributed by atoms with E-state index in [1.165, 1.54) is 18.4 Å². The van der Waals surface area contributed by atoms with Crippen molar-refractivity contribution in [3.63, 3.8) is 0 Å². The summed E-state index contributed by atoms with van der Waals surface area (Å²) in [7, 11) is 0. The van der Waals surface area contributed by atoms with Gasteiger partial charge in [0.25, 0.3) is 0 Å². The molecule has 0 aliphatic carbocycles. The van der Waals surface area contributed by atoms with Crippen LogP contribution in [-0.4, -0.2) is 22.8 Å². The van der Waals surface area contributed by atoms with Gasteiger partial charge in [-0.3, -0.25) is 0 Å². The van der Waals surface area contributed by atoms with Crippen molar-refractivity contribution in [2.24, 2.45) is 0 Å². The van der Waals surface area contributed by atoms with Gasteiger partial charge in [0.2, 0.25) is 0 Å². The third-order valence-corrected chi connectivity index (χ3v) is 4.54. The Bertz CT molecular complexity index is 377. The molecular weight excluding hydrogens is 222 g/mol. The molecule has 3 rings (SSSR count). The molecule has 2 atom stereocenters. The molecule has 1 aromatic rings. The predicted octanol–water partition coefficient (Wildman–Crippen LogP) is 2.65. The van der Waals surface area contributed by atoms with Crippen molar-refractivity contribution in [3.05, 3.63) is 35.9 Å². The minimum Gasteiger partial charge on any atom is -0.390 e. The molecule has 1 aromatic carbocycles. The number of fused-ring (bicyclic) bond motifs is 2. The number of hydrogen-bond acceptors (Lipinski definition) is 2. The highest BCUT2D eigenvalue weighted by molar-refractivity contribution is 5.14. The molecule has 18 heavy (non-hydrogen) atoms. The van der Waals surface area contributed by atoms with E-state index in [2.05, 4.69) is 35.6 Å². The van der Waals surface area contributed by atoms with Gasteiger partial charge in [0, 0.05) is 12.1 Å². The van der Waals surface area contributed by atoms with Crippen LogP contribution in [0.4, 0.5) is 0 Å². The molecule has 2 heterocycles. The second kappa shape index (κ2) is 5.02. The molecule has 0 spiro atoms. The van der Waals surface area contributed by atoms with Crippen LogP contribution in [-0.2, 0) is 6.42 Å². The van der Waals surface area contributed by atoms with Gasteiger partial charge in [-0.1, -0.05) is 30.3 Å². The van der Waals surface area contributed by atoms with E-state index in [0.29, 0.717) is 12.1 Å². The minimum atomic E-state index is -0.397. The van der Waals surface area contributed by atoms with E-state index in [-0.39, 0.29) is 0 Å². The molecule has 0 amide bonds. The van der Waals surface area contributed by atoms with Gasteiger partial charge < -0.3 is 10.4 Å². The van der Waals surface area contributed by atoms with Gasteiger partial charge in [-0.25, -0.2) is 0 Å². The van der Waals surface area contributed by atoms with E-state index in [1.807, 2.05) is 0 Å². The maximum Gasteiger partial charge on any atom is 0.0677 e. The Morgan fingerprint density at radius 2 is 1.78 bits per heavy atom. The fourth-order valence-corrected chi connectivity index (χ4v) is 3.70. The average Bonchev–Trinajstić information content (AvgIpc) is 2.70. The van der Waals surface area contributed by atoms with E-state index in [0.717, 1.165) is 32.1 Å². The first-order valence-corrected chi connectivity index (χ1v) is 7.26. The summed E-state index contributed by atoms with van der Waals surface area (Å²) in [4.78, 5) is 0. The molecule has 2 N–H and O–H groups in total. The third-order valence-electron chi connectivity index (χ3n) is 4.54. The van der Waals surface area contributed by atoms with E-state index >= 15 is 0 Å². The van der Waals surface area contributed by atoms with Crippen LogP contribution in [0, 0.1) is 0 Å². The zero-order chi connectivity index (χ0) is 12.4. The topological polar surface area (TPSA) is 32.3 Å². The molecule has 2 fully saturated rings. The fraction of sp³-hybridized carbons (Fsp3) is 0.625.